The van der Waals surface area contributed by atoms with Gasteiger partial charge in [-0.3, -0.25) is 0 Å². The average Bonchev–Trinajstić information content (AvgIpc) is 3.23. The van der Waals surface area contributed by atoms with Crippen molar-refractivity contribution in [3.8, 4) is 22.3 Å². The summed E-state index contributed by atoms with van der Waals surface area (Å²) in [5, 5.41) is 0. The lowest BCUT2D eigenvalue weighted by atomic mass is 9.50. The molecular weight excluding hydrogens is 323 g/mol. The van der Waals surface area contributed by atoms with E-state index in [-0.39, 0.29) is 0 Å². The smallest absolute Gasteiger partial charge is 0.0620 e. The fourth-order valence-electron chi connectivity index (χ4n) is 5.26. The molecule has 0 spiro atoms. The number of hydrogen-bond acceptors (Lipinski definition) is 0. The Hall–Kier alpha value is -3.06. The molecule has 4 aromatic carbocycles. The zero-order chi connectivity index (χ0) is 17.8. The van der Waals surface area contributed by atoms with Crippen LogP contribution in [0.25, 0.3) is 22.3 Å². The summed E-state index contributed by atoms with van der Waals surface area (Å²) in [6, 6.07) is 35.8. The Labute approximate surface area is 160 Å². The van der Waals surface area contributed by atoms with Crippen LogP contribution >= 0.6 is 0 Å². The first-order valence-corrected chi connectivity index (χ1v) is 9.78. The maximum atomic E-state index is 2.33. The molecule has 27 heavy (non-hydrogen) atoms. The van der Waals surface area contributed by atoms with Gasteiger partial charge in [-0.05, 0) is 56.1 Å². The molecule has 2 aliphatic rings. The number of fused-ring (bicyclic) bond motifs is 6. The summed E-state index contributed by atoms with van der Waals surface area (Å²) in [7, 11) is 1.13. The molecule has 6 rings (SSSR count). The summed E-state index contributed by atoms with van der Waals surface area (Å²) in [5.74, 6) is 0.920. The van der Waals surface area contributed by atoms with Crippen molar-refractivity contribution >= 4 is 7.28 Å². The molecule has 2 aliphatic carbocycles. The van der Waals surface area contributed by atoms with Crippen molar-refractivity contribution in [3.63, 3.8) is 0 Å². The van der Waals surface area contributed by atoms with Gasteiger partial charge in [-0.25, -0.2) is 0 Å². The summed E-state index contributed by atoms with van der Waals surface area (Å²) < 4.78 is 0. The van der Waals surface area contributed by atoms with Gasteiger partial charge < -0.3 is 0 Å². The van der Waals surface area contributed by atoms with Gasteiger partial charge in [0.05, 0.1) is 0 Å². The standard InChI is InChI=1S/C26H19B/c1-5-13-21-17(9-1)18-10-2-6-14-22(18)25(21)27-26-23-15-7-3-11-19(23)20-12-4-8-16-24(20)26/h1-16,25-27H. The SMILES string of the molecule is B(C1c2ccccc2-c2ccccc21)C1c2ccccc2-c2ccccc21. The molecule has 4 aromatic rings. The maximum Gasteiger partial charge on any atom is 0.150 e. The second-order valence-electron chi connectivity index (χ2n) is 7.69. The predicted molar refractivity (Wildman–Crippen MR) is 115 cm³/mol. The van der Waals surface area contributed by atoms with Crippen LogP contribution in [-0.4, -0.2) is 7.28 Å². The van der Waals surface area contributed by atoms with E-state index in [9.17, 15) is 0 Å². The first kappa shape index (κ1) is 15.0. The van der Waals surface area contributed by atoms with Crippen LogP contribution in [0.5, 0.6) is 0 Å². The Kier molecular flexibility index (Phi) is 3.19. The topological polar surface area (TPSA) is 0 Å². The lowest BCUT2D eigenvalue weighted by molar-refractivity contribution is 1.09. The van der Waals surface area contributed by atoms with Crippen molar-refractivity contribution in [2.24, 2.45) is 0 Å². The van der Waals surface area contributed by atoms with Crippen molar-refractivity contribution in [1.82, 2.24) is 0 Å². The van der Waals surface area contributed by atoms with Crippen molar-refractivity contribution in [2.45, 2.75) is 11.6 Å². The molecule has 0 fully saturated rings. The fraction of sp³-hybridized carbons (Fsp3) is 0.0769. The molecule has 126 valence electrons. The molecule has 0 nitrogen and oxygen atoms in total. The van der Waals surface area contributed by atoms with Gasteiger partial charge >= 0.3 is 0 Å². The van der Waals surface area contributed by atoms with Crippen LogP contribution in [0.3, 0.4) is 0 Å². The Morgan fingerprint density at radius 1 is 0.370 bits per heavy atom. The molecule has 0 saturated carbocycles. The summed E-state index contributed by atoms with van der Waals surface area (Å²) >= 11 is 0. The van der Waals surface area contributed by atoms with E-state index in [1.807, 2.05) is 0 Å². The molecule has 0 bridgehead atoms. The molecule has 0 radical (unpaired) electrons. The minimum atomic E-state index is 0.460. The van der Waals surface area contributed by atoms with E-state index in [1.165, 1.54) is 44.5 Å². The Morgan fingerprint density at radius 2 is 0.630 bits per heavy atom. The molecule has 0 N–H and O–H groups in total. The molecule has 0 heterocycles. The fourth-order valence-corrected chi connectivity index (χ4v) is 5.26. The van der Waals surface area contributed by atoms with Crippen LogP contribution in [0.4, 0.5) is 0 Å². The largest absolute Gasteiger partial charge is 0.150 e. The van der Waals surface area contributed by atoms with E-state index >= 15 is 0 Å². The van der Waals surface area contributed by atoms with Crippen LogP contribution in [0.15, 0.2) is 97.1 Å². The van der Waals surface area contributed by atoms with Gasteiger partial charge in [0.1, 0.15) is 7.28 Å². The Balaban J connectivity index is 1.51. The van der Waals surface area contributed by atoms with Gasteiger partial charge in [-0.15, -0.1) is 0 Å². The van der Waals surface area contributed by atoms with Gasteiger partial charge in [0.15, 0.2) is 0 Å². The summed E-state index contributed by atoms with van der Waals surface area (Å²) in [6.07, 6.45) is 0. The van der Waals surface area contributed by atoms with Gasteiger partial charge in [0.2, 0.25) is 0 Å². The van der Waals surface area contributed by atoms with Gasteiger partial charge in [0, 0.05) is 0 Å². The third-order valence-electron chi connectivity index (χ3n) is 6.40. The lowest BCUT2D eigenvalue weighted by Gasteiger charge is -2.19. The van der Waals surface area contributed by atoms with Crippen LogP contribution in [-0.2, 0) is 0 Å². The normalized spacial score (nSPS) is 14.4. The van der Waals surface area contributed by atoms with Crippen LogP contribution in [0.1, 0.15) is 33.9 Å². The molecule has 0 atom stereocenters. The third-order valence-corrected chi connectivity index (χ3v) is 6.40. The third kappa shape index (κ3) is 2.12. The molecule has 1 heteroatoms. The van der Waals surface area contributed by atoms with E-state index in [4.69, 9.17) is 0 Å². The van der Waals surface area contributed by atoms with Crippen molar-refractivity contribution in [2.75, 3.05) is 0 Å². The summed E-state index contributed by atoms with van der Waals surface area (Å²) in [6.45, 7) is 0. The van der Waals surface area contributed by atoms with E-state index in [0.717, 1.165) is 7.28 Å². The van der Waals surface area contributed by atoms with Crippen LogP contribution < -0.4 is 0 Å². The van der Waals surface area contributed by atoms with Gasteiger partial charge in [-0.2, -0.15) is 0 Å². The first-order chi connectivity index (χ1) is 13.4. The van der Waals surface area contributed by atoms with Gasteiger partial charge in [-0.1, -0.05) is 97.1 Å². The van der Waals surface area contributed by atoms with E-state index in [1.54, 1.807) is 0 Å². The van der Waals surface area contributed by atoms with E-state index in [0.29, 0.717) is 11.6 Å². The number of hydrogen-bond donors (Lipinski definition) is 0. The molecule has 0 saturated heterocycles. The van der Waals surface area contributed by atoms with Crippen molar-refractivity contribution in [3.05, 3.63) is 119 Å². The average molecular weight is 342 g/mol. The van der Waals surface area contributed by atoms with Crippen LogP contribution in [0.2, 0.25) is 0 Å². The zero-order valence-electron chi connectivity index (χ0n) is 15.1. The predicted octanol–water partition coefficient (Wildman–Crippen LogP) is 5.96. The zero-order valence-corrected chi connectivity index (χ0v) is 15.1. The Bertz CT molecular complexity index is 990. The van der Waals surface area contributed by atoms with Crippen molar-refractivity contribution < 1.29 is 0 Å². The molecule has 0 unspecified atom stereocenters. The highest BCUT2D eigenvalue weighted by Crippen LogP contribution is 2.50. The highest BCUT2D eigenvalue weighted by atomic mass is 14.3. The Morgan fingerprint density at radius 3 is 0.926 bits per heavy atom. The van der Waals surface area contributed by atoms with E-state index in [2.05, 4.69) is 97.1 Å². The first-order valence-electron chi connectivity index (χ1n) is 9.78. The van der Waals surface area contributed by atoms with Crippen LogP contribution in [0, 0.1) is 0 Å². The highest BCUT2D eigenvalue weighted by molar-refractivity contribution is 6.44. The summed E-state index contributed by atoms with van der Waals surface area (Å²) in [4.78, 5) is 0. The second-order valence-corrected chi connectivity index (χ2v) is 7.69. The maximum absolute atomic E-state index is 2.33. The minimum Gasteiger partial charge on any atom is -0.0620 e. The number of rotatable bonds is 2. The highest BCUT2D eigenvalue weighted by Gasteiger charge is 2.35. The quantitative estimate of drug-likeness (QED) is 0.394. The second kappa shape index (κ2) is 5.72. The monoisotopic (exact) mass is 342 g/mol. The number of benzene rings is 4. The molecule has 0 amide bonds. The minimum absolute atomic E-state index is 0.460. The molecule has 0 aliphatic heterocycles. The molecule has 0 aromatic heterocycles. The van der Waals surface area contributed by atoms with Gasteiger partial charge in [0.25, 0.3) is 0 Å². The summed E-state index contributed by atoms with van der Waals surface area (Å²) in [5.41, 5.74) is 11.6. The van der Waals surface area contributed by atoms with E-state index < -0.39 is 0 Å². The molecular formula is C26H19B. The van der Waals surface area contributed by atoms with Crippen molar-refractivity contribution in [1.29, 1.82) is 0 Å². The lowest BCUT2D eigenvalue weighted by Crippen LogP contribution is -2.16.